The number of nitrogens with zero attached hydrogens (tertiary/aromatic N) is 3. The molecule has 4 aromatic rings. The van der Waals surface area contributed by atoms with Crippen LogP contribution in [0.5, 0.6) is 0 Å². The van der Waals surface area contributed by atoms with Gasteiger partial charge in [0.2, 0.25) is 5.91 Å². The molecule has 0 aliphatic carbocycles. The maximum atomic E-state index is 12.6. The average molecular weight is 461 g/mol. The molecule has 0 bridgehead atoms. The van der Waals surface area contributed by atoms with E-state index >= 15 is 0 Å². The van der Waals surface area contributed by atoms with Crippen molar-refractivity contribution < 1.29 is 4.79 Å². The Morgan fingerprint density at radius 1 is 0.833 bits per heavy atom. The number of rotatable bonds is 5. The van der Waals surface area contributed by atoms with Gasteiger partial charge in [-0.1, -0.05) is 76.6 Å². The molecule has 0 spiro atoms. The number of anilines is 1. The van der Waals surface area contributed by atoms with Crippen molar-refractivity contribution in [1.82, 2.24) is 14.8 Å². The fraction of sp³-hybridized carbons (Fsp3) is 0.0435. The molecule has 0 fully saturated rings. The Labute approximate surface area is 181 Å². The summed E-state index contributed by atoms with van der Waals surface area (Å²) in [6.45, 7) is -0.239. The summed E-state index contributed by atoms with van der Waals surface area (Å²) < 4.78 is 2.00. The van der Waals surface area contributed by atoms with Gasteiger partial charge in [-0.05, 0) is 24.3 Å². The minimum Gasteiger partial charge on any atom is -0.324 e. The molecule has 0 saturated heterocycles. The summed E-state index contributed by atoms with van der Waals surface area (Å²) in [7, 11) is 0. The van der Waals surface area contributed by atoms with Crippen LogP contribution in [-0.4, -0.2) is 20.7 Å². The van der Waals surface area contributed by atoms with E-state index in [9.17, 15) is 9.59 Å². The molecule has 30 heavy (non-hydrogen) atoms. The third-order valence-electron chi connectivity index (χ3n) is 4.39. The maximum Gasteiger partial charge on any atom is 0.365 e. The minimum atomic E-state index is -0.584. The van der Waals surface area contributed by atoms with Crippen LogP contribution in [0, 0.1) is 0 Å². The second-order valence-electron chi connectivity index (χ2n) is 6.54. The Morgan fingerprint density at radius 2 is 1.40 bits per heavy atom. The van der Waals surface area contributed by atoms with E-state index in [1.807, 2.05) is 72.8 Å². The van der Waals surface area contributed by atoms with E-state index in [4.69, 9.17) is 0 Å². The largest absolute Gasteiger partial charge is 0.365 e. The molecule has 0 unspecified atom stereocenters. The normalized spacial score (nSPS) is 10.6. The van der Waals surface area contributed by atoms with Gasteiger partial charge < -0.3 is 5.32 Å². The van der Waals surface area contributed by atoms with Gasteiger partial charge in [-0.2, -0.15) is 10.1 Å². The van der Waals surface area contributed by atoms with Crippen LogP contribution in [0.3, 0.4) is 0 Å². The monoisotopic (exact) mass is 460 g/mol. The molecule has 1 amide bonds. The number of carbonyl (C=O) groups excluding carboxylic acids is 1. The van der Waals surface area contributed by atoms with E-state index in [0.29, 0.717) is 17.1 Å². The van der Waals surface area contributed by atoms with Crippen LogP contribution >= 0.6 is 15.9 Å². The summed E-state index contributed by atoms with van der Waals surface area (Å²) >= 11 is 3.35. The number of hydrogen-bond acceptors (Lipinski definition) is 4. The predicted molar refractivity (Wildman–Crippen MR) is 120 cm³/mol. The Bertz CT molecular complexity index is 1220. The number of nitrogens with one attached hydrogen (secondary N) is 1. The van der Waals surface area contributed by atoms with E-state index in [-0.39, 0.29) is 12.5 Å². The van der Waals surface area contributed by atoms with E-state index < -0.39 is 5.69 Å². The SMILES string of the molecule is O=C(Cn1nc(-c2ccccc2)c(-c2ccccc2)nc1=O)Nc1ccc(Br)cc1. The van der Waals surface area contributed by atoms with Gasteiger partial charge in [-0.25, -0.2) is 9.48 Å². The van der Waals surface area contributed by atoms with E-state index in [1.165, 1.54) is 0 Å². The molecule has 0 radical (unpaired) electrons. The molecule has 3 aromatic carbocycles. The van der Waals surface area contributed by atoms with Crippen molar-refractivity contribution in [2.45, 2.75) is 6.54 Å². The van der Waals surface area contributed by atoms with Gasteiger partial charge in [0, 0.05) is 21.3 Å². The molecule has 7 heteroatoms. The van der Waals surface area contributed by atoms with Crippen LogP contribution in [-0.2, 0) is 11.3 Å². The Balaban J connectivity index is 1.70. The van der Waals surface area contributed by atoms with Gasteiger partial charge in [0.05, 0.1) is 0 Å². The summed E-state index contributed by atoms with van der Waals surface area (Å²) in [5.74, 6) is -0.361. The molecule has 4 rings (SSSR count). The first-order valence-corrected chi connectivity index (χ1v) is 10.0. The van der Waals surface area contributed by atoms with Gasteiger partial charge in [-0.3, -0.25) is 4.79 Å². The number of benzene rings is 3. The second kappa shape index (κ2) is 8.84. The first-order chi connectivity index (χ1) is 14.6. The highest BCUT2D eigenvalue weighted by atomic mass is 79.9. The molecule has 0 atom stereocenters. The van der Waals surface area contributed by atoms with Gasteiger partial charge in [0.1, 0.15) is 17.9 Å². The lowest BCUT2D eigenvalue weighted by Gasteiger charge is -2.12. The zero-order valence-electron chi connectivity index (χ0n) is 15.8. The van der Waals surface area contributed by atoms with Gasteiger partial charge in [0.15, 0.2) is 0 Å². The molecule has 1 heterocycles. The lowest BCUT2D eigenvalue weighted by Crippen LogP contribution is -2.32. The molecule has 0 aliphatic rings. The van der Waals surface area contributed by atoms with Crippen molar-refractivity contribution >= 4 is 27.5 Å². The number of halogens is 1. The van der Waals surface area contributed by atoms with E-state index in [2.05, 4.69) is 31.3 Å². The third-order valence-corrected chi connectivity index (χ3v) is 4.92. The van der Waals surface area contributed by atoms with Crippen molar-refractivity contribution in [3.05, 3.63) is 99.9 Å². The smallest absolute Gasteiger partial charge is 0.324 e. The highest BCUT2D eigenvalue weighted by molar-refractivity contribution is 9.10. The molecule has 6 nitrogen and oxygen atoms in total. The van der Waals surface area contributed by atoms with Crippen molar-refractivity contribution in [1.29, 1.82) is 0 Å². The van der Waals surface area contributed by atoms with Crippen LogP contribution < -0.4 is 11.0 Å². The Kier molecular flexibility index (Phi) is 5.81. The molecule has 0 aliphatic heterocycles. The summed E-state index contributed by atoms with van der Waals surface area (Å²) in [6, 6.07) is 26.1. The van der Waals surface area contributed by atoms with E-state index in [0.717, 1.165) is 20.3 Å². The molecule has 148 valence electrons. The van der Waals surface area contributed by atoms with Crippen molar-refractivity contribution in [2.24, 2.45) is 0 Å². The fourth-order valence-corrected chi connectivity index (χ4v) is 3.24. The second-order valence-corrected chi connectivity index (χ2v) is 7.45. The molecule has 0 saturated carbocycles. The average Bonchev–Trinajstić information content (AvgIpc) is 2.78. The first kappa shape index (κ1) is 19.7. The molecular weight excluding hydrogens is 444 g/mol. The standard InChI is InChI=1S/C23H17BrN4O2/c24-18-11-13-19(14-12-18)25-20(29)15-28-23(30)26-21(16-7-3-1-4-8-16)22(27-28)17-9-5-2-6-10-17/h1-14H,15H2,(H,25,29). The lowest BCUT2D eigenvalue weighted by atomic mass is 10.0. The quantitative estimate of drug-likeness (QED) is 0.479. The summed E-state index contributed by atoms with van der Waals surface area (Å²) in [4.78, 5) is 29.4. The zero-order chi connectivity index (χ0) is 20.9. The maximum absolute atomic E-state index is 12.6. The fourth-order valence-electron chi connectivity index (χ4n) is 2.98. The highest BCUT2D eigenvalue weighted by Gasteiger charge is 2.16. The Hall–Kier alpha value is -3.58. The zero-order valence-corrected chi connectivity index (χ0v) is 17.4. The van der Waals surface area contributed by atoms with Crippen LogP contribution in [0.1, 0.15) is 0 Å². The summed E-state index contributed by atoms with van der Waals surface area (Å²) in [5, 5.41) is 7.25. The minimum absolute atomic E-state index is 0.239. The number of carbonyl (C=O) groups is 1. The predicted octanol–water partition coefficient (Wildman–Crippen LogP) is 4.37. The van der Waals surface area contributed by atoms with Crippen LogP contribution in [0.25, 0.3) is 22.5 Å². The third kappa shape index (κ3) is 4.52. The topological polar surface area (TPSA) is 76.9 Å². The summed E-state index contributed by atoms with van der Waals surface area (Å²) in [6.07, 6.45) is 0. The molecule has 1 aromatic heterocycles. The first-order valence-electron chi connectivity index (χ1n) is 9.25. The van der Waals surface area contributed by atoms with E-state index in [1.54, 1.807) is 12.1 Å². The van der Waals surface area contributed by atoms with Gasteiger partial charge in [-0.15, -0.1) is 0 Å². The van der Waals surface area contributed by atoms with Crippen molar-refractivity contribution in [3.8, 4) is 22.5 Å². The summed E-state index contributed by atoms with van der Waals surface area (Å²) in [5.41, 5.74) is 2.67. The number of aromatic nitrogens is 3. The van der Waals surface area contributed by atoms with Crippen LogP contribution in [0.2, 0.25) is 0 Å². The Morgan fingerprint density at radius 3 is 2.00 bits per heavy atom. The van der Waals surface area contributed by atoms with Gasteiger partial charge in [0.25, 0.3) is 0 Å². The van der Waals surface area contributed by atoms with Crippen LogP contribution in [0.4, 0.5) is 5.69 Å². The number of amides is 1. The highest BCUT2D eigenvalue weighted by Crippen LogP contribution is 2.27. The van der Waals surface area contributed by atoms with Crippen LogP contribution in [0.15, 0.2) is 94.2 Å². The lowest BCUT2D eigenvalue weighted by molar-refractivity contribution is -0.117. The van der Waals surface area contributed by atoms with Crippen molar-refractivity contribution in [3.63, 3.8) is 0 Å². The van der Waals surface area contributed by atoms with Gasteiger partial charge >= 0.3 is 5.69 Å². The molecular formula is C23H17BrN4O2. The number of hydrogen-bond donors (Lipinski definition) is 1. The molecule has 1 N–H and O–H groups in total. The van der Waals surface area contributed by atoms with Crippen molar-refractivity contribution in [2.75, 3.05) is 5.32 Å².